The second kappa shape index (κ2) is 6.95. The summed E-state index contributed by atoms with van der Waals surface area (Å²) in [5.74, 6) is 0.803. The Bertz CT molecular complexity index is 967. The quantitative estimate of drug-likeness (QED) is 0.737. The first-order valence-corrected chi connectivity index (χ1v) is 8.37. The van der Waals surface area contributed by atoms with E-state index in [2.05, 4.69) is 20.4 Å². The monoisotopic (exact) mass is 389 g/mol. The van der Waals surface area contributed by atoms with Crippen molar-refractivity contribution in [2.75, 3.05) is 18.4 Å². The highest BCUT2D eigenvalue weighted by atomic mass is 19.4. The second-order valence-corrected chi connectivity index (χ2v) is 6.30. The highest BCUT2D eigenvalue weighted by Crippen LogP contribution is 2.31. The molecule has 3 aromatic rings. The minimum atomic E-state index is -4.41. The molecular weight excluding hydrogens is 375 g/mol. The zero-order chi connectivity index (χ0) is 19.7. The average molecular weight is 389 g/mol. The van der Waals surface area contributed by atoms with Gasteiger partial charge in [0.1, 0.15) is 0 Å². The van der Waals surface area contributed by atoms with Crippen molar-refractivity contribution in [1.82, 2.24) is 20.0 Å². The summed E-state index contributed by atoms with van der Waals surface area (Å²) in [7, 11) is 0. The van der Waals surface area contributed by atoms with E-state index in [1.54, 1.807) is 24.5 Å². The molecule has 144 valence electrons. The van der Waals surface area contributed by atoms with Crippen molar-refractivity contribution < 1.29 is 22.5 Å². The number of carbonyl (C=O) groups is 1. The second-order valence-electron chi connectivity index (χ2n) is 6.30. The standard InChI is InChI=1S/C18H14F3N5O2/c19-18(20,21)13-1-3-14(4-2-13)23-17(27)26-9-12(10-26)16-24-15(25-28-16)11-5-7-22-8-6-11/h1-8,12H,9-10H2,(H,23,27). The third-order valence-corrected chi connectivity index (χ3v) is 4.36. The van der Waals surface area contributed by atoms with Crippen LogP contribution in [0.1, 0.15) is 17.4 Å². The van der Waals surface area contributed by atoms with Gasteiger partial charge in [0.15, 0.2) is 0 Å². The van der Waals surface area contributed by atoms with Crippen LogP contribution < -0.4 is 5.32 Å². The average Bonchev–Trinajstić information content (AvgIpc) is 3.10. The third-order valence-electron chi connectivity index (χ3n) is 4.36. The van der Waals surface area contributed by atoms with Crippen LogP contribution in [0, 0.1) is 0 Å². The number of rotatable bonds is 3. The van der Waals surface area contributed by atoms with Gasteiger partial charge in [-0.3, -0.25) is 4.98 Å². The van der Waals surface area contributed by atoms with Gasteiger partial charge < -0.3 is 14.7 Å². The van der Waals surface area contributed by atoms with E-state index in [4.69, 9.17) is 4.52 Å². The fourth-order valence-electron chi connectivity index (χ4n) is 2.76. The molecule has 1 aromatic carbocycles. The van der Waals surface area contributed by atoms with Crippen molar-refractivity contribution in [3.05, 3.63) is 60.2 Å². The van der Waals surface area contributed by atoms with Crippen LogP contribution in [0.5, 0.6) is 0 Å². The molecule has 0 bridgehead atoms. The van der Waals surface area contributed by atoms with Gasteiger partial charge >= 0.3 is 12.2 Å². The number of alkyl halides is 3. The number of carbonyl (C=O) groups excluding carboxylic acids is 1. The lowest BCUT2D eigenvalue weighted by atomic mass is 10.0. The Morgan fingerprint density at radius 3 is 2.43 bits per heavy atom. The number of pyridine rings is 1. The van der Waals surface area contributed by atoms with E-state index in [0.29, 0.717) is 30.5 Å². The van der Waals surface area contributed by atoms with Gasteiger partial charge in [-0.15, -0.1) is 0 Å². The van der Waals surface area contributed by atoms with E-state index in [1.165, 1.54) is 17.0 Å². The fourth-order valence-corrected chi connectivity index (χ4v) is 2.76. The third kappa shape index (κ3) is 3.66. The van der Waals surface area contributed by atoms with Crippen LogP contribution in [0.25, 0.3) is 11.4 Å². The lowest BCUT2D eigenvalue weighted by molar-refractivity contribution is -0.137. The van der Waals surface area contributed by atoms with Crippen molar-refractivity contribution >= 4 is 11.7 Å². The number of anilines is 1. The molecule has 0 spiro atoms. The molecule has 0 aliphatic carbocycles. The lowest BCUT2D eigenvalue weighted by Crippen LogP contribution is -2.50. The van der Waals surface area contributed by atoms with E-state index < -0.39 is 17.8 Å². The predicted molar refractivity (Wildman–Crippen MR) is 92.3 cm³/mol. The smallest absolute Gasteiger partial charge is 0.339 e. The van der Waals surface area contributed by atoms with E-state index in [0.717, 1.165) is 17.7 Å². The molecule has 2 amide bonds. The van der Waals surface area contributed by atoms with Gasteiger partial charge in [-0.2, -0.15) is 18.2 Å². The number of benzene rings is 1. The molecule has 3 heterocycles. The maximum atomic E-state index is 12.6. The van der Waals surface area contributed by atoms with Gasteiger partial charge in [0, 0.05) is 36.7 Å². The number of nitrogens with one attached hydrogen (secondary N) is 1. The molecule has 0 saturated carbocycles. The molecule has 2 aromatic heterocycles. The molecule has 10 heteroatoms. The summed E-state index contributed by atoms with van der Waals surface area (Å²) in [5, 5.41) is 6.50. The highest BCUT2D eigenvalue weighted by Gasteiger charge is 2.36. The molecular formula is C18H14F3N5O2. The molecule has 1 saturated heterocycles. The summed E-state index contributed by atoms with van der Waals surface area (Å²) in [5.41, 5.74) is 0.302. The van der Waals surface area contributed by atoms with Crippen LogP contribution in [0.2, 0.25) is 0 Å². The Kier molecular flexibility index (Phi) is 4.46. The molecule has 7 nitrogen and oxygen atoms in total. The number of nitrogens with zero attached hydrogens (tertiary/aromatic N) is 4. The van der Waals surface area contributed by atoms with Crippen LogP contribution in [-0.2, 0) is 6.18 Å². The maximum Gasteiger partial charge on any atom is 0.416 e. The van der Waals surface area contributed by atoms with Crippen LogP contribution >= 0.6 is 0 Å². The number of hydrogen-bond acceptors (Lipinski definition) is 5. The van der Waals surface area contributed by atoms with Crippen LogP contribution in [0.3, 0.4) is 0 Å². The summed E-state index contributed by atoms with van der Waals surface area (Å²) >= 11 is 0. The van der Waals surface area contributed by atoms with Crippen LogP contribution in [0.4, 0.5) is 23.7 Å². The Hall–Kier alpha value is -3.43. The number of amides is 2. The Morgan fingerprint density at radius 2 is 1.79 bits per heavy atom. The molecule has 0 radical (unpaired) electrons. The Morgan fingerprint density at radius 1 is 1.11 bits per heavy atom. The first-order chi connectivity index (χ1) is 13.4. The molecule has 4 rings (SSSR count). The van der Waals surface area contributed by atoms with Gasteiger partial charge in [0.05, 0.1) is 11.5 Å². The molecule has 0 unspecified atom stereocenters. The Balaban J connectivity index is 1.33. The predicted octanol–water partition coefficient (Wildman–Crippen LogP) is 3.78. The highest BCUT2D eigenvalue weighted by molar-refractivity contribution is 5.90. The number of urea groups is 1. The topological polar surface area (TPSA) is 84.2 Å². The van der Waals surface area contributed by atoms with Crippen molar-refractivity contribution in [2.45, 2.75) is 12.1 Å². The minimum absolute atomic E-state index is 0.0820. The molecule has 0 atom stereocenters. The SMILES string of the molecule is O=C(Nc1ccc(C(F)(F)F)cc1)N1CC(c2nc(-c3ccncc3)no2)C1. The van der Waals surface area contributed by atoms with Gasteiger partial charge in [-0.1, -0.05) is 5.16 Å². The van der Waals surface area contributed by atoms with Crippen LogP contribution in [0.15, 0.2) is 53.3 Å². The summed E-state index contributed by atoms with van der Waals surface area (Å²) in [6, 6.07) is 7.41. The van der Waals surface area contributed by atoms with Crippen molar-refractivity contribution in [3.63, 3.8) is 0 Å². The van der Waals surface area contributed by atoms with E-state index >= 15 is 0 Å². The number of halogens is 3. The lowest BCUT2D eigenvalue weighted by Gasteiger charge is -2.36. The number of aromatic nitrogens is 3. The van der Waals surface area contributed by atoms with Crippen molar-refractivity contribution in [2.24, 2.45) is 0 Å². The largest absolute Gasteiger partial charge is 0.416 e. The summed E-state index contributed by atoms with van der Waals surface area (Å²) in [6.07, 6.45) is -1.16. The maximum absolute atomic E-state index is 12.6. The van der Waals surface area contributed by atoms with Gasteiger partial charge in [-0.25, -0.2) is 4.79 Å². The number of likely N-dealkylation sites (tertiary alicyclic amines) is 1. The zero-order valence-electron chi connectivity index (χ0n) is 14.3. The van der Waals surface area contributed by atoms with Gasteiger partial charge in [0.2, 0.25) is 11.7 Å². The number of hydrogen-bond donors (Lipinski definition) is 1. The first kappa shape index (κ1) is 18.0. The van der Waals surface area contributed by atoms with Gasteiger partial charge in [0.25, 0.3) is 0 Å². The minimum Gasteiger partial charge on any atom is -0.339 e. The van der Waals surface area contributed by atoms with Crippen molar-refractivity contribution in [3.8, 4) is 11.4 Å². The summed E-state index contributed by atoms with van der Waals surface area (Å²) in [6.45, 7) is 0.759. The Labute approximate surface area is 157 Å². The normalized spacial score (nSPS) is 14.6. The van der Waals surface area contributed by atoms with E-state index in [1.807, 2.05) is 0 Å². The van der Waals surface area contributed by atoms with E-state index in [9.17, 15) is 18.0 Å². The first-order valence-electron chi connectivity index (χ1n) is 8.37. The van der Waals surface area contributed by atoms with E-state index in [-0.39, 0.29) is 5.92 Å². The van der Waals surface area contributed by atoms with Crippen molar-refractivity contribution in [1.29, 1.82) is 0 Å². The molecule has 1 aliphatic rings. The summed E-state index contributed by atoms with van der Waals surface area (Å²) in [4.78, 5) is 22.0. The van der Waals surface area contributed by atoms with Crippen LogP contribution in [-0.4, -0.2) is 39.1 Å². The molecule has 1 N–H and O–H groups in total. The zero-order valence-corrected chi connectivity index (χ0v) is 14.3. The molecule has 1 fully saturated rings. The fraction of sp³-hybridized carbons (Fsp3) is 0.222. The molecule has 1 aliphatic heterocycles. The summed E-state index contributed by atoms with van der Waals surface area (Å²) < 4.78 is 43.0. The molecule has 28 heavy (non-hydrogen) atoms. The van der Waals surface area contributed by atoms with Gasteiger partial charge in [-0.05, 0) is 36.4 Å².